The Morgan fingerprint density at radius 3 is 2.68 bits per heavy atom. The molecule has 0 radical (unpaired) electrons. The van der Waals surface area contributed by atoms with Gasteiger partial charge in [-0.1, -0.05) is 39.3 Å². The van der Waals surface area contributed by atoms with Crippen LogP contribution in [0.25, 0.3) is 0 Å². The zero-order valence-corrected chi connectivity index (χ0v) is 20.7. The molecule has 176 valence electrons. The molecule has 0 amide bonds. The summed E-state index contributed by atoms with van der Waals surface area (Å²) in [5.74, 6) is 3.46. The molecule has 0 heterocycles. The molecule has 0 bridgehead atoms. The molecule has 1 N–H and O–H groups in total. The first-order valence-electron chi connectivity index (χ1n) is 13.3. The Labute approximate surface area is 190 Å². The molecule has 0 aromatic heterocycles. The average Bonchev–Trinajstić information content (AvgIpc) is 3.10. The van der Waals surface area contributed by atoms with E-state index in [1.165, 1.54) is 32.1 Å². The van der Waals surface area contributed by atoms with E-state index in [-0.39, 0.29) is 5.97 Å². The van der Waals surface area contributed by atoms with Crippen molar-refractivity contribution in [2.75, 3.05) is 6.61 Å². The van der Waals surface area contributed by atoms with Gasteiger partial charge in [-0.3, -0.25) is 4.79 Å². The van der Waals surface area contributed by atoms with E-state index in [1.54, 1.807) is 5.57 Å². The summed E-state index contributed by atoms with van der Waals surface area (Å²) in [6.07, 6.45) is 14.7. The van der Waals surface area contributed by atoms with Crippen LogP contribution in [0, 0.1) is 40.4 Å². The standard InChI is InChI=1S/C28H46O3/c1-6-28(30)17-16-26(4)20(18-28)9-10-21-23-12-11-22(27(23,5)15-14-24(21)26)19(3)8-13-25(29)31-7-2/h14,19-23,30H,6-13,15-18H2,1-5H3/t19-,20+,21+,22-,23+,26+,27-,28+/m1/s1. The van der Waals surface area contributed by atoms with Crippen molar-refractivity contribution in [3.63, 3.8) is 0 Å². The number of fused-ring (bicyclic) bond motifs is 5. The van der Waals surface area contributed by atoms with Crippen molar-refractivity contribution in [2.45, 2.75) is 111 Å². The Morgan fingerprint density at radius 2 is 1.97 bits per heavy atom. The topological polar surface area (TPSA) is 46.5 Å². The summed E-state index contributed by atoms with van der Waals surface area (Å²) in [4.78, 5) is 11.9. The van der Waals surface area contributed by atoms with Crippen molar-refractivity contribution in [1.82, 2.24) is 0 Å². The first-order valence-corrected chi connectivity index (χ1v) is 13.3. The number of rotatable bonds is 6. The number of aliphatic hydroxyl groups is 1. The lowest BCUT2D eigenvalue weighted by molar-refractivity contribution is -0.143. The molecule has 0 aliphatic heterocycles. The third-order valence-corrected chi connectivity index (χ3v) is 10.7. The Kier molecular flexibility index (Phi) is 6.40. The van der Waals surface area contributed by atoms with Gasteiger partial charge in [0.2, 0.25) is 0 Å². The number of carbonyl (C=O) groups is 1. The van der Waals surface area contributed by atoms with Gasteiger partial charge in [0.15, 0.2) is 0 Å². The second-order valence-electron chi connectivity index (χ2n) is 12.1. The molecule has 4 aliphatic rings. The smallest absolute Gasteiger partial charge is 0.305 e. The van der Waals surface area contributed by atoms with Gasteiger partial charge in [0.25, 0.3) is 0 Å². The summed E-state index contributed by atoms with van der Waals surface area (Å²) in [5.41, 5.74) is 2.03. The van der Waals surface area contributed by atoms with Gasteiger partial charge in [-0.25, -0.2) is 0 Å². The minimum atomic E-state index is -0.423. The number of hydrogen-bond acceptors (Lipinski definition) is 3. The molecular weight excluding hydrogens is 384 g/mol. The third kappa shape index (κ3) is 3.91. The quantitative estimate of drug-likeness (QED) is 0.377. The van der Waals surface area contributed by atoms with Crippen LogP contribution in [-0.2, 0) is 9.53 Å². The maximum absolute atomic E-state index is 11.9. The second-order valence-corrected chi connectivity index (χ2v) is 12.1. The summed E-state index contributed by atoms with van der Waals surface area (Å²) in [7, 11) is 0. The largest absolute Gasteiger partial charge is 0.466 e. The summed E-state index contributed by atoms with van der Waals surface area (Å²) >= 11 is 0. The molecule has 0 spiro atoms. The van der Waals surface area contributed by atoms with Crippen LogP contribution in [0.4, 0.5) is 0 Å². The lowest BCUT2D eigenvalue weighted by Crippen LogP contribution is -2.51. The van der Waals surface area contributed by atoms with Crippen molar-refractivity contribution in [2.24, 2.45) is 40.4 Å². The highest BCUT2D eigenvalue weighted by Crippen LogP contribution is 2.67. The van der Waals surface area contributed by atoms with E-state index in [0.29, 0.717) is 41.6 Å². The van der Waals surface area contributed by atoms with E-state index in [9.17, 15) is 9.90 Å². The van der Waals surface area contributed by atoms with Crippen LogP contribution < -0.4 is 0 Å². The van der Waals surface area contributed by atoms with Gasteiger partial charge >= 0.3 is 5.97 Å². The zero-order valence-electron chi connectivity index (χ0n) is 20.7. The van der Waals surface area contributed by atoms with Gasteiger partial charge in [-0.05, 0) is 112 Å². The van der Waals surface area contributed by atoms with E-state index < -0.39 is 5.60 Å². The van der Waals surface area contributed by atoms with Crippen LogP contribution in [-0.4, -0.2) is 23.3 Å². The molecule has 31 heavy (non-hydrogen) atoms. The van der Waals surface area contributed by atoms with Crippen LogP contribution in [0.1, 0.15) is 105 Å². The Balaban J connectivity index is 1.50. The van der Waals surface area contributed by atoms with Crippen molar-refractivity contribution >= 4 is 5.97 Å². The molecule has 4 rings (SSSR count). The highest BCUT2D eigenvalue weighted by atomic mass is 16.5. The van der Waals surface area contributed by atoms with Crippen molar-refractivity contribution < 1.29 is 14.6 Å². The lowest BCUT2D eigenvalue weighted by atomic mass is 9.47. The molecule has 3 nitrogen and oxygen atoms in total. The van der Waals surface area contributed by atoms with Gasteiger partial charge in [0, 0.05) is 6.42 Å². The summed E-state index contributed by atoms with van der Waals surface area (Å²) < 4.78 is 5.18. The SMILES string of the molecule is CCOC(=O)CC[C@@H](C)[C@H]1CC[C@H]2[C@@H]3CC[C@H]4C[C@](O)(CC)CC[C@]4(C)C3=CC[C@]12C. The monoisotopic (exact) mass is 430 g/mol. The maximum Gasteiger partial charge on any atom is 0.305 e. The molecular formula is C28H46O3. The van der Waals surface area contributed by atoms with E-state index in [0.717, 1.165) is 43.9 Å². The molecule has 0 aromatic carbocycles. The predicted molar refractivity (Wildman–Crippen MR) is 125 cm³/mol. The molecule has 3 fully saturated rings. The molecule has 0 aromatic rings. The Hall–Kier alpha value is -0.830. The molecule has 0 unspecified atom stereocenters. The van der Waals surface area contributed by atoms with Crippen LogP contribution in [0.2, 0.25) is 0 Å². The summed E-state index contributed by atoms with van der Waals surface area (Å²) in [6.45, 7) is 12.0. The van der Waals surface area contributed by atoms with Gasteiger partial charge in [-0.2, -0.15) is 0 Å². The molecule has 0 saturated heterocycles. The first-order chi connectivity index (χ1) is 14.7. The van der Waals surface area contributed by atoms with E-state index in [1.807, 2.05) is 6.92 Å². The highest BCUT2D eigenvalue weighted by Gasteiger charge is 2.58. The number of allylic oxidation sites excluding steroid dienone is 2. The van der Waals surface area contributed by atoms with Crippen LogP contribution in [0.5, 0.6) is 0 Å². The van der Waals surface area contributed by atoms with Gasteiger partial charge in [0.05, 0.1) is 12.2 Å². The van der Waals surface area contributed by atoms with Gasteiger partial charge in [-0.15, -0.1) is 0 Å². The summed E-state index contributed by atoms with van der Waals surface area (Å²) in [6, 6.07) is 0. The fraction of sp³-hybridized carbons (Fsp3) is 0.893. The van der Waals surface area contributed by atoms with E-state index >= 15 is 0 Å². The van der Waals surface area contributed by atoms with Crippen molar-refractivity contribution in [3.05, 3.63) is 11.6 Å². The van der Waals surface area contributed by atoms with Crippen molar-refractivity contribution in [1.29, 1.82) is 0 Å². The number of esters is 1. The van der Waals surface area contributed by atoms with E-state index in [4.69, 9.17) is 4.74 Å². The minimum absolute atomic E-state index is 0.0320. The zero-order chi connectivity index (χ0) is 22.4. The lowest BCUT2D eigenvalue weighted by Gasteiger charge is -2.58. The van der Waals surface area contributed by atoms with Gasteiger partial charge < -0.3 is 9.84 Å². The Bertz CT molecular complexity index is 713. The van der Waals surface area contributed by atoms with Crippen LogP contribution in [0.15, 0.2) is 11.6 Å². The molecule has 3 saturated carbocycles. The van der Waals surface area contributed by atoms with Crippen LogP contribution in [0.3, 0.4) is 0 Å². The molecule has 3 heteroatoms. The fourth-order valence-corrected chi connectivity index (χ4v) is 8.67. The second kappa shape index (κ2) is 8.50. The minimum Gasteiger partial charge on any atom is -0.466 e. The van der Waals surface area contributed by atoms with Crippen molar-refractivity contribution in [3.8, 4) is 0 Å². The molecule has 4 aliphatic carbocycles. The first kappa shape index (κ1) is 23.3. The summed E-state index contributed by atoms with van der Waals surface area (Å²) in [5, 5.41) is 11.0. The van der Waals surface area contributed by atoms with E-state index in [2.05, 4.69) is 33.8 Å². The number of hydrogen-bond donors (Lipinski definition) is 1. The van der Waals surface area contributed by atoms with Crippen LogP contribution >= 0.6 is 0 Å². The highest BCUT2D eigenvalue weighted by molar-refractivity contribution is 5.69. The third-order valence-electron chi connectivity index (χ3n) is 10.7. The predicted octanol–water partition coefficient (Wildman–Crippen LogP) is 6.69. The molecule has 8 atom stereocenters. The normalized spacial score (nSPS) is 45.2. The van der Waals surface area contributed by atoms with Gasteiger partial charge in [0.1, 0.15) is 0 Å². The fourth-order valence-electron chi connectivity index (χ4n) is 8.67. The maximum atomic E-state index is 11.9. The average molecular weight is 431 g/mol. The number of ether oxygens (including phenoxy) is 1. The number of carbonyl (C=O) groups excluding carboxylic acids is 1. The Morgan fingerprint density at radius 1 is 1.19 bits per heavy atom.